The Hall–Kier alpha value is -1.94. The van der Waals surface area contributed by atoms with Gasteiger partial charge in [-0.15, -0.1) is 0 Å². The molecule has 0 saturated heterocycles. The van der Waals surface area contributed by atoms with Gasteiger partial charge in [0.1, 0.15) is 11.6 Å². The van der Waals surface area contributed by atoms with Gasteiger partial charge in [0.15, 0.2) is 0 Å². The van der Waals surface area contributed by atoms with Gasteiger partial charge in [-0.3, -0.25) is 0 Å². The molecule has 0 spiro atoms. The van der Waals surface area contributed by atoms with Gasteiger partial charge in [-0.2, -0.15) is 0 Å². The standard InChI is InChI=1S/C15H19N3O/c1-11(10-16)8-15-17-7-6-14(18-15)12-4-3-5-13(9-12)19-2/h3-7,9,11H,8,10,16H2,1-2H3. The summed E-state index contributed by atoms with van der Waals surface area (Å²) in [5, 5.41) is 0. The van der Waals surface area contributed by atoms with Gasteiger partial charge in [0.05, 0.1) is 12.8 Å². The van der Waals surface area contributed by atoms with Crippen molar-refractivity contribution in [2.45, 2.75) is 13.3 Å². The molecule has 1 unspecified atom stereocenters. The van der Waals surface area contributed by atoms with Gasteiger partial charge < -0.3 is 10.5 Å². The molecule has 2 N–H and O–H groups in total. The molecule has 19 heavy (non-hydrogen) atoms. The summed E-state index contributed by atoms with van der Waals surface area (Å²) in [4.78, 5) is 8.88. The Morgan fingerprint density at radius 2 is 2.16 bits per heavy atom. The van der Waals surface area contributed by atoms with E-state index in [4.69, 9.17) is 10.5 Å². The molecule has 2 aromatic rings. The Labute approximate surface area is 113 Å². The largest absolute Gasteiger partial charge is 0.497 e. The van der Waals surface area contributed by atoms with E-state index in [9.17, 15) is 0 Å². The molecule has 0 aliphatic carbocycles. The first-order chi connectivity index (χ1) is 9.22. The van der Waals surface area contributed by atoms with Crippen LogP contribution >= 0.6 is 0 Å². The number of methoxy groups -OCH3 is 1. The number of rotatable bonds is 5. The van der Waals surface area contributed by atoms with Crippen molar-refractivity contribution in [2.75, 3.05) is 13.7 Å². The Morgan fingerprint density at radius 1 is 1.32 bits per heavy atom. The zero-order valence-electron chi connectivity index (χ0n) is 11.3. The third-order valence-corrected chi connectivity index (χ3v) is 3.00. The topological polar surface area (TPSA) is 61.0 Å². The van der Waals surface area contributed by atoms with Gasteiger partial charge in [0.25, 0.3) is 0 Å². The fraction of sp³-hybridized carbons (Fsp3) is 0.333. The fourth-order valence-corrected chi connectivity index (χ4v) is 1.84. The molecule has 1 aromatic carbocycles. The molecular weight excluding hydrogens is 238 g/mol. The molecule has 1 heterocycles. The van der Waals surface area contributed by atoms with Crippen LogP contribution in [0.3, 0.4) is 0 Å². The molecule has 0 saturated carbocycles. The lowest BCUT2D eigenvalue weighted by molar-refractivity contribution is 0.415. The lowest BCUT2D eigenvalue weighted by atomic mass is 10.1. The maximum absolute atomic E-state index is 5.63. The monoisotopic (exact) mass is 257 g/mol. The molecular formula is C15H19N3O. The number of nitrogens with zero attached hydrogens (tertiary/aromatic N) is 2. The van der Waals surface area contributed by atoms with E-state index in [2.05, 4.69) is 16.9 Å². The van der Waals surface area contributed by atoms with E-state index in [0.717, 1.165) is 29.3 Å². The summed E-state index contributed by atoms with van der Waals surface area (Å²) in [5.41, 5.74) is 7.58. The summed E-state index contributed by atoms with van der Waals surface area (Å²) in [6, 6.07) is 9.77. The molecule has 0 radical (unpaired) electrons. The van der Waals surface area contributed by atoms with Crippen molar-refractivity contribution < 1.29 is 4.74 Å². The highest BCUT2D eigenvalue weighted by molar-refractivity contribution is 5.60. The van der Waals surface area contributed by atoms with E-state index in [0.29, 0.717) is 12.5 Å². The van der Waals surface area contributed by atoms with Crippen LogP contribution in [0.4, 0.5) is 0 Å². The highest BCUT2D eigenvalue weighted by atomic mass is 16.5. The first-order valence-corrected chi connectivity index (χ1v) is 6.39. The van der Waals surface area contributed by atoms with Gasteiger partial charge >= 0.3 is 0 Å². The van der Waals surface area contributed by atoms with Gasteiger partial charge in [-0.25, -0.2) is 9.97 Å². The van der Waals surface area contributed by atoms with Crippen LogP contribution in [0.5, 0.6) is 5.75 Å². The third-order valence-electron chi connectivity index (χ3n) is 3.00. The van der Waals surface area contributed by atoms with Crippen molar-refractivity contribution in [1.82, 2.24) is 9.97 Å². The first-order valence-electron chi connectivity index (χ1n) is 6.39. The van der Waals surface area contributed by atoms with Crippen LogP contribution in [0.15, 0.2) is 36.5 Å². The number of benzene rings is 1. The van der Waals surface area contributed by atoms with Crippen LogP contribution in [0.25, 0.3) is 11.3 Å². The molecule has 0 aliphatic heterocycles. The van der Waals surface area contributed by atoms with Crippen LogP contribution in [0.1, 0.15) is 12.7 Å². The van der Waals surface area contributed by atoms with Crippen LogP contribution in [-0.4, -0.2) is 23.6 Å². The Morgan fingerprint density at radius 3 is 2.89 bits per heavy atom. The number of aromatic nitrogens is 2. The van der Waals surface area contributed by atoms with E-state index in [1.54, 1.807) is 13.3 Å². The van der Waals surface area contributed by atoms with Crippen molar-refractivity contribution in [3.05, 3.63) is 42.4 Å². The zero-order chi connectivity index (χ0) is 13.7. The zero-order valence-corrected chi connectivity index (χ0v) is 11.3. The molecule has 0 aliphatic rings. The molecule has 1 aromatic heterocycles. The van der Waals surface area contributed by atoms with E-state index < -0.39 is 0 Å². The number of hydrogen-bond donors (Lipinski definition) is 1. The lowest BCUT2D eigenvalue weighted by Crippen LogP contribution is -2.14. The third kappa shape index (κ3) is 3.51. The van der Waals surface area contributed by atoms with Crippen molar-refractivity contribution >= 4 is 0 Å². The minimum absolute atomic E-state index is 0.389. The predicted molar refractivity (Wildman–Crippen MR) is 75.9 cm³/mol. The summed E-state index contributed by atoms with van der Waals surface area (Å²) in [5.74, 6) is 2.05. The van der Waals surface area contributed by atoms with E-state index in [-0.39, 0.29) is 0 Å². The Balaban J connectivity index is 2.26. The second-order valence-electron chi connectivity index (χ2n) is 4.64. The van der Waals surface area contributed by atoms with Gasteiger partial charge in [0.2, 0.25) is 0 Å². The maximum Gasteiger partial charge on any atom is 0.129 e. The average molecular weight is 257 g/mol. The normalized spacial score (nSPS) is 12.2. The van der Waals surface area contributed by atoms with Crippen molar-refractivity contribution in [3.8, 4) is 17.0 Å². The SMILES string of the molecule is COc1cccc(-c2ccnc(CC(C)CN)n2)c1. The summed E-state index contributed by atoms with van der Waals surface area (Å²) in [6.07, 6.45) is 2.59. The van der Waals surface area contributed by atoms with E-state index in [1.165, 1.54) is 0 Å². The number of nitrogens with two attached hydrogens (primary N) is 1. The van der Waals surface area contributed by atoms with Gasteiger partial charge in [-0.1, -0.05) is 19.1 Å². The molecule has 0 bridgehead atoms. The summed E-state index contributed by atoms with van der Waals surface area (Å²) >= 11 is 0. The molecule has 0 fully saturated rings. The second-order valence-corrected chi connectivity index (χ2v) is 4.64. The number of ether oxygens (including phenoxy) is 1. The molecule has 2 rings (SSSR count). The quantitative estimate of drug-likeness (QED) is 0.892. The Bertz CT molecular complexity index is 542. The Kier molecular flexibility index (Phi) is 4.47. The average Bonchev–Trinajstić information content (AvgIpc) is 2.47. The van der Waals surface area contributed by atoms with E-state index >= 15 is 0 Å². The van der Waals surface area contributed by atoms with Crippen LogP contribution in [-0.2, 0) is 6.42 Å². The van der Waals surface area contributed by atoms with Crippen LogP contribution in [0.2, 0.25) is 0 Å². The van der Waals surface area contributed by atoms with Crippen molar-refractivity contribution in [3.63, 3.8) is 0 Å². The van der Waals surface area contributed by atoms with Crippen molar-refractivity contribution in [2.24, 2.45) is 11.7 Å². The predicted octanol–water partition coefficient (Wildman–Crippen LogP) is 2.29. The summed E-state index contributed by atoms with van der Waals surface area (Å²) in [6.45, 7) is 2.74. The minimum atomic E-state index is 0.389. The first kappa shape index (κ1) is 13.5. The summed E-state index contributed by atoms with van der Waals surface area (Å²) in [7, 11) is 1.66. The highest BCUT2D eigenvalue weighted by Gasteiger charge is 2.06. The number of hydrogen-bond acceptors (Lipinski definition) is 4. The van der Waals surface area contributed by atoms with E-state index in [1.807, 2.05) is 30.3 Å². The molecule has 4 heteroatoms. The fourth-order valence-electron chi connectivity index (χ4n) is 1.84. The molecule has 1 atom stereocenters. The second kappa shape index (κ2) is 6.29. The lowest BCUT2D eigenvalue weighted by Gasteiger charge is -2.08. The maximum atomic E-state index is 5.63. The molecule has 100 valence electrons. The van der Waals surface area contributed by atoms with Crippen LogP contribution in [0, 0.1) is 5.92 Å². The molecule has 0 amide bonds. The highest BCUT2D eigenvalue weighted by Crippen LogP contribution is 2.22. The van der Waals surface area contributed by atoms with Crippen LogP contribution < -0.4 is 10.5 Å². The molecule has 4 nitrogen and oxygen atoms in total. The van der Waals surface area contributed by atoms with Crippen molar-refractivity contribution in [1.29, 1.82) is 0 Å². The smallest absolute Gasteiger partial charge is 0.129 e. The summed E-state index contributed by atoms with van der Waals surface area (Å²) < 4.78 is 5.23. The van der Waals surface area contributed by atoms with Gasteiger partial charge in [0, 0.05) is 18.2 Å². The minimum Gasteiger partial charge on any atom is -0.497 e. The van der Waals surface area contributed by atoms with Gasteiger partial charge in [-0.05, 0) is 30.7 Å².